The van der Waals surface area contributed by atoms with Gasteiger partial charge in [0.2, 0.25) is 5.89 Å². The Balaban J connectivity index is 2.08. The van der Waals surface area contributed by atoms with E-state index in [1.54, 1.807) is 16.8 Å². The molecule has 0 aliphatic carbocycles. The third-order valence-electron chi connectivity index (χ3n) is 3.29. The molecule has 110 valence electrons. The SMILES string of the molecule is CCc1cnc(Cn2c(=S)[nH]c3cc(F)c(OC)cc32)o1. The molecule has 2 heterocycles. The van der Waals surface area contributed by atoms with Crippen LogP contribution in [-0.4, -0.2) is 21.6 Å². The van der Waals surface area contributed by atoms with Crippen LogP contribution in [0.3, 0.4) is 0 Å². The molecule has 0 fully saturated rings. The van der Waals surface area contributed by atoms with Crippen molar-refractivity contribution in [1.82, 2.24) is 14.5 Å². The molecule has 0 spiro atoms. The van der Waals surface area contributed by atoms with E-state index in [2.05, 4.69) is 9.97 Å². The summed E-state index contributed by atoms with van der Waals surface area (Å²) in [7, 11) is 1.43. The smallest absolute Gasteiger partial charge is 0.214 e. The summed E-state index contributed by atoms with van der Waals surface area (Å²) in [4.78, 5) is 7.19. The number of methoxy groups -OCH3 is 1. The third kappa shape index (κ3) is 2.44. The first-order valence-electron chi connectivity index (χ1n) is 6.52. The summed E-state index contributed by atoms with van der Waals surface area (Å²) >= 11 is 5.28. The van der Waals surface area contributed by atoms with Crippen LogP contribution in [0.4, 0.5) is 4.39 Å². The Kier molecular flexibility index (Phi) is 3.50. The maximum atomic E-state index is 13.7. The first-order valence-corrected chi connectivity index (χ1v) is 6.92. The van der Waals surface area contributed by atoms with Gasteiger partial charge in [-0.15, -0.1) is 0 Å². The topological polar surface area (TPSA) is 56.0 Å². The number of imidazole rings is 1. The van der Waals surface area contributed by atoms with Crippen LogP contribution >= 0.6 is 12.2 Å². The quantitative estimate of drug-likeness (QED) is 0.750. The number of halogens is 1. The lowest BCUT2D eigenvalue weighted by atomic mass is 10.3. The fourth-order valence-corrected chi connectivity index (χ4v) is 2.46. The summed E-state index contributed by atoms with van der Waals surface area (Å²) in [5.41, 5.74) is 1.36. The van der Waals surface area contributed by atoms with Gasteiger partial charge in [-0.25, -0.2) is 9.37 Å². The molecule has 7 heteroatoms. The maximum absolute atomic E-state index is 13.7. The summed E-state index contributed by atoms with van der Waals surface area (Å²) < 4.78 is 26.6. The van der Waals surface area contributed by atoms with Crippen LogP contribution in [0.5, 0.6) is 5.75 Å². The first-order chi connectivity index (χ1) is 10.1. The van der Waals surface area contributed by atoms with Gasteiger partial charge in [0, 0.05) is 18.6 Å². The van der Waals surface area contributed by atoms with Gasteiger partial charge in [-0.2, -0.15) is 0 Å². The molecular formula is C14H14FN3O2S. The second-order valence-corrected chi connectivity index (χ2v) is 4.98. The van der Waals surface area contributed by atoms with E-state index in [0.717, 1.165) is 17.7 Å². The highest BCUT2D eigenvalue weighted by molar-refractivity contribution is 7.71. The molecule has 0 atom stereocenters. The Morgan fingerprint density at radius 2 is 2.29 bits per heavy atom. The van der Waals surface area contributed by atoms with Crippen LogP contribution in [0.2, 0.25) is 0 Å². The van der Waals surface area contributed by atoms with Crippen LogP contribution in [-0.2, 0) is 13.0 Å². The van der Waals surface area contributed by atoms with E-state index in [0.29, 0.717) is 22.7 Å². The van der Waals surface area contributed by atoms with Gasteiger partial charge in [0.1, 0.15) is 12.3 Å². The van der Waals surface area contributed by atoms with Crippen LogP contribution in [0.15, 0.2) is 22.7 Å². The van der Waals surface area contributed by atoms with Crippen molar-refractivity contribution in [2.24, 2.45) is 0 Å². The van der Waals surface area contributed by atoms with Crippen molar-refractivity contribution in [1.29, 1.82) is 0 Å². The monoisotopic (exact) mass is 307 g/mol. The van der Waals surface area contributed by atoms with Gasteiger partial charge >= 0.3 is 0 Å². The number of fused-ring (bicyclic) bond motifs is 1. The fraction of sp³-hybridized carbons (Fsp3) is 0.286. The number of aromatic amines is 1. The molecule has 2 aromatic heterocycles. The minimum Gasteiger partial charge on any atom is -0.494 e. The second kappa shape index (κ2) is 5.33. The Morgan fingerprint density at radius 3 is 2.95 bits per heavy atom. The predicted octanol–water partition coefficient (Wildman–Crippen LogP) is 3.45. The number of nitrogens with zero attached hydrogens (tertiary/aromatic N) is 2. The number of rotatable bonds is 4. The van der Waals surface area contributed by atoms with Crippen molar-refractivity contribution in [2.45, 2.75) is 19.9 Å². The Hall–Kier alpha value is -2.15. The number of oxazole rings is 1. The van der Waals surface area contributed by atoms with Gasteiger partial charge in [0.25, 0.3) is 0 Å². The number of nitrogens with one attached hydrogen (secondary N) is 1. The Morgan fingerprint density at radius 1 is 1.48 bits per heavy atom. The van der Waals surface area contributed by atoms with Crippen molar-refractivity contribution in [3.8, 4) is 5.75 Å². The van der Waals surface area contributed by atoms with E-state index in [1.165, 1.54) is 13.2 Å². The van der Waals surface area contributed by atoms with E-state index < -0.39 is 5.82 Å². The molecule has 1 aromatic carbocycles. The number of hydrogen-bond acceptors (Lipinski definition) is 4. The molecule has 1 N–H and O–H groups in total. The normalized spacial score (nSPS) is 11.2. The lowest BCUT2D eigenvalue weighted by Crippen LogP contribution is -2.00. The molecule has 0 amide bonds. The van der Waals surface area contributed by atoms with Gasteiger partial charge in [0.15, 0.2) is 16.3 Å². The number of ether oxygens (including phenoxy) is 1. The molecule has 0 unspecified atom stereocenters. The zero-order valence-corrected chi connectivity index (χ0v) is 12.5. The molecule has 3 aromatic rings. The van der Waals surface area contributed by atoms with Gasteiger partial charge in [0.05, 0.1) is 24.3 Å². The molecule has 0 saturated carbocycles. The van der Waals surface area contributed by atoms with Crippen molar-refractivity contribution in [2.75, 3.05) is 7.11 Å². The summed E-state index contributed by atoms with van der Waals surface area (Å²) in [6, 6.07) is 2.98. The fourth-order valence-electron chi connectivity index (χ4n) is 2.19. The summed E-state index contributed by atoms with van der Waals surface area (Å²) in [5.74, 6) is 1.12. The van der Waals surface area contributed by atoms with Crippen LogP contribution in [0.1, 0.15) is 18.6 Å². The first kappa shape index (κ1) is 13.8. The minimum atomic E-state index is -0.433. The number of hydrogen-bond donors (Lipinski definition) is 1. The van der Waals surface area contributed by atoms with E-state index in [-0.39, 0.29) is 5.75 Å². The molecule has 0 saturated heterocycles. The second-order valence-electron chi connectivity index (χ2n) is 4.59. The largest absolute Gasteiger partial charge is 0.494 e. The van der Waals surface area contributed by atoms with Gasteiger partial charge in [-0.05, 0) is 12.2 Å². The zero-order valence-electron chi connectivity index (χ0n) is 11.6. The summed E-state index contributed by atoms with van der Waals surface area (Å²) in [6.07, 6.45) is 2.49. The number of H-pyrrole nitrogens is 1. The zero-order chi connectivity index (χ0) is 15.0. The highest BCUT2D eigenvalue weighted by Crippen LogP contribution is 2.25. The number of aromatic nitrogens is 3. The maximum Gasteiger partial charge on any atom is 0.214 e. The molecule has 0 aliphatic rings. The van der Waals surface area contributed by atoms with Crippen molar-refractivity contribution >= 4 is 23.3 Å². The molecule has 0 aliphatic heterocycles. The summed E-state index contributed by atoms with van der Waals surface area (Å²) in [5, 5.41) is 0. The van der Waals surface area contributed by atoms with Crippen LogP contribution in [0.25, 0.3) is 11.0 Å². The lowest BCUT2D eigenvalue weighted by molar-refractivity contribution is 0.387. The van der Waals surface area contributed by atoms with Crippen molar-refractivity contribution in [3.05, 3.63) is 40.6 Å². The lowest BCUT2D eigenvalue weighted by Gasteiger charge is -2.04. The number of benzene rings is 1. The van der Waals surface area contributed by atoms with Crippen LogP contribution < -0.4 is 4.74 Å². The van der Waals surface area contributed by atoms with E-state index in [9.17, 15) is 4.39 Å². The van der Waals surface area contributed by atoms with Gasteiger partial charge in [-0.3, -0.25) is 0 Å². The standard InChI is InChI=1S/C14H14FN3O2S/c1-3-8-6-16-13(20-8)7-18-11-5-12(19-2)9(15)4-10(11)17-14(18)21/h4-6H,3,7H2,1-2H3,(H,17,21). The summed E-state index contributed by atoms with van der Waals surface area (Å²) in [6.45, 7) is 2.38. The average molecular weight is 307 g/mol. The van der Waals surface area contributed by atoms with Crippen molar-refractivity contribution < 1.29 is 13.5 Å². The molecule has 5 nitrogen and oxygen atoms in total. The van der Waals surface area contributed by atoms with Gasteiger partial charge < -0.3 is 18.7 Å². The van der Waals surface area contributed by atoms with Crippen molar-refractivity contribution in [3.63, 3.8) is 0 Å². The highest BCUT2D eigenvalue weighted by Gasteiger charge is 2.12. The molecule has 3 rings (SSSR count). The Labute approximate surface area is 125 Å². The highest BCUT2D eigenvalue weighted by atomic mass is 32.1. The van der Waals surface area contributed by atoms with E-state index in [4.69, 9.17) is 21.4 Å². The predicted molar refractivity (Wildman–Crippen MR) is 78.6 cm³/mol. The van der Waals surface area contributed by atoms with Gasteiger partial charge in [-0.1, -0.05) is 6.92 Å². The molecule has 21 heavy (non-hydrogen) atoms. The van der Waals surface area contributed by atoms with E-state index in [1.807, 2.05) is 6.92 Å². The molecular weight excluding hydrogens is 293 g/mol. The molecule has 0 radical (unpaired) electrons. The minimum absolute atomic E-state index is 0.173. The third-order valence-corrected chi connectivity index (χ3v) is 3.61. The van der Waals surface area contributed by atoms with Crippen LogP contribution in [0, 0.1) is 10.6 Å². The molecule has 0 bridgehead atoms. The number of aryl methyl sites for hydroxylation is 1. The Bertz CT molecular complexity index is 850. The average Bonchev–Trinajstić information content (AvgIpc) is 3.04. The van der Waals surface area contributed by atoms with E-state index >= 15 is 0 Å².